The van der Waals surface area contributed by atoms with Crippen molar-refractivity contribution in [2.24, 2.45) is 4.99 Å². The monoisotopic (exact) mass is 245 g/mol. The minimum atomic E-state index is -0.438. The van der Waals surface area contributed by atoms with Crippen molar-refractivity contribution in [2.45, 2.75) is 0 Å². The second kappa shape index (κ2) is 4.32. The maximum atomic E-state index is 13.1. The molecule has 1 heterocycles. The van der Waals surface area contributed by atoms with E-state index in [1.807, 2.05) is 0 Å². The molecular formula is C8H9BrFN3. The van der Waals surface area contributed by atoms with Gasteiger partial charge in [-0.2, -0.15) is 0 Å². The van der Waals surface area contributed by atoms with Gasteiger partial charge in [-0.3, -0.25) is 0 Å². The standard InChI is InChI=1S/C8H9BrFN3/c1-13(2)5-12-8-7(10)3-6(9)4-11-8/h3-5H,1-2H3/b12-5+. The van der Waals surface area contributed by atoms with Gasteiger partial charge in [0.15, 0.2) is 11.6 Å². The topological polar surface area (TPSA) is 28.5 Å². The first-order valence-electron chi connectivity index (χ1n) is 3.61. The summed E-state index contributed by atoms with van der Waals surface area (Å²) in [6.07, 6.45) is 3.00. The Bertz CT molecular complexity index is 325. The molecule has 0 bridgehead atoms. The Hall–Kier alpha value is -0.970. The van der Waals surface area contributed by atoms with Gasteiger partial charge in [0.2, 0.25) is 0 Å². The molecule has 3 nitrogen and oxygen atoms in total. The van der Waals surface area contributed by atoms with Gasteiger partial charge in [0.05, 0.1) is 6.34 Å². The van der Waals surface area contributed by atoms with Crippen molar-refractivity contribution in [2.75, 3.05) is 14.1 Å². The zero-order chi connectivity index (χ0) is 9.84. The summed E-state index contributed by atoms with van der Waals surface area (Å²) in [5.74, 6) is -0.343. The molecule has 0 aromatic carbocycles. The third kappa shape index (κ3) is 3.10. The summed E-state index contributed by atoms with van der Waals surface area (Å²) >= 11 is 3.11. The number of hydrogen-bond acceptors (Lipinski definition) is 2. The van der Waals surface area contributed by atoms with Crippen LogP contribution in [0.3, 0.4) is 0 Å². The van der Waals surface area contributed by atoms with E-state index in [1.54, 1.807) is 19.0 Å². The molecule has 1 aromatic rings. The Morgan fingerprint density at radius 1 is 1.62 bits per heavy atom. The molecule has 0 atom stereocenters. The van der Waals surface area contributed by atoms with Crippen LogP contribution in [0.1, 0.15) is 0 Å². The van der Waals surface area contributed by atoms with E-state index in [4.69, 9.17) is 0 Å². The SMILES string of the molecule is CN(C)/C=N/c1ncc(Br)cc1F. The van der Waals surface area contributed by atoms with Crippen molar-refractivity contribution in [1.82, 2.24) is 9.88 Å². The van der Waals surface area contributed by atoms with E-state index in [-0.39, 0.29) is 5.82 Å². The van der Waals surface area contributed by atoms with Gasteiger partial charge in [0, 0.05) is 24.8 Å². The maximum absolute atomic E-state index is 13.1. The molecule has 70 valence electrons. The van der Waals surface area contributed by atoms with Crippen molar-refractivity contribution < 1.29 is 4.39 Å². The lowest BCUT2D eigenvalue weighted by Gasteiger charge is -2.02. The number of halogens is 2. The fourth-order valence-corrected chi connectivity index (χ4v) is 0.976. The number of hydrogen-bond donors (Lipinski definition) is 0. The lowest BCUT2D eigenvalue weighted by atomic mass is 10.4. The van der Waals surface area contributed by atoms with Gasteiger partial charge in [-0.05, 0) is 22.0 Å². The number of rotatable bonds is 2. The van der Waals surface area contributed by atoms with E-state index in [9.17, 15) is 4.39 Å². The molecule has 1 rings (SSSR count). The number of nitrogens with zero attached hydrogens (tertiary/aromatic N) is 3. The Morgan fingerprint density at radius 3 is 2.85 bits per heavy atom. The Balaban J connectivity index is 2.90. The number of pyridine rings is 1. The van der Waals surface area contributed by atoms with Crippen LogP contribution in [0.5, 0.6) is 0 Å². The van der Waals surface area contributed by atoms with Crippen LogP contribution in [0.4, 0.5) is 10.2 Å². The van der Waals surface area contributed by atoms with Crippen molar-refractivity contribution in [3.63, 3.8) is 0 Å². The molecule has 0 aliphatic carbocycles. The second-order valence-corrected chi connectivity index (χ2v) is 3.58. The molecular weight excluding hydrogens is 237 g/mol. The van der Waals surface area contributed by atoms with Crippen LogP contribution in [0.15, 0.2) is 21.7 Å². The molecule has 0 aliphatic rings. The van der Waals surface area contributed by atoms with E-state index in [0.717, 1.165) is 0 Å². The first-order chi connectivity index (χ1) is 6.09. The minimum Gasteiger partial charge on any atom is -0.369 e. The smallest absolute Gasteiger partial charge is 0.189 e. The first-order valence-corrected chi connectivity index (χ1v) is 4.40. The van der Waals surface area contributed by atoms with Crippen LogP contribution in [0.25, 0.3) is 0 Å². The Labute approximate surface area is 84.4 Å². The summed E-state index contributed by atoms with van der Waals surface area (Å²) in [6.45, 7) is 0. The van der Waals surface area contributed by atoms with Gasteiger partial charge < -0.3 is 4.90 Å². The van der Waals surface area contributed by atoms with Gasteiger partial charge >= 0.3 is 0 Å². The predicted molar refractivity (Wildman–Crippen MR) is 53.7 cm³/mol. The number of aromatic nitrogens is 1. The van der Waals surface area contributed by atoms with Gasteiger partial charge in [0.25, 0.3) is 0 Å². The Morgan fingerprint density at radius 2 is 2.31 bits per heavy atom. The highest BCUT2D eigenvalue weighted by atomic mass is 79.9. The third-order valence-electron chi connectivity index (χ3n) is 1.20. The highest BCUT2D eigenvalue weighted by molar-refractivity contribution is 9.10. The molecule has 0 saturated heterocycles. The Kier molecular flexibility index (Phi) is 3.36. The fourth-order valence-electron chi connectivity index (χ4n) is 0.673. The van der Waals surface area contributed by atoms with E-state index in [2.05, 4.69) is 25.9 Å². The predicted octanol–water partition coefficient (Wildman–Crippen LogP) is 2.20. The molecule has 0 spiro atoms. The third-order valence-corrected chi connectivity index (χ3v) is 1.63. The zero-order valence-electron chi connectivity index (χ0n) is 7.33. The average Bonchev–Trinajstić information content (AvgIpc) is 2.02. The molecule has 0 fully saturated rings. The average molecular weight is 246 g/mol. The van der Waals surface area contributed by atoms with Gasteiger partial charge in [-0.25, -0.2) is 14.4 Å². The minimum absolute atomic E-state index is 0.0944. The lowest BCUT2D eigenvalue weighted by Crippen LogP contribution is -2.07. The second-order valence-electron chi connectivity index (χ2n) is 2.67. The molecule has 0 aliphatic heterocycles. The van der Waals surface area contributed by atoms with E-state index >= 15 is 0 Å². The van der Waals surface area contributed by atoms with Crippen molar-refractivity contribution in [1.29, 1.82) is 0 Å². The first kappa shape index (κ1) is 10.1. The quantitative estimate of drug-likeness (QED) is 0.591. The van der Waals surface area contributed by atoms with Gasteiger partial charge in [0.1, 0.15) is 0 Å². The highest BCUT2D eigenvalue weighted by Crippen LogP contribution is 2.17. The van der Waals surface area contributed by atoms with Crippen molar-refractivity contribution >= 4 is 28.1 Å². The molecule has 0 amide bonds. The summed E-state index contributed by atoms with van der Waals surface area (Å²) in [7, 11) is 3.61. The van der Waals surface area contributed by atoms with Crippen LogP contribution in [0.2, 0.25) is 0 Å². The maximum Gasteiger partial charge on any atom is 0.189 e. The van der Waals surface area contributed by atoms with Gasteiger partial charge in [-0.15, -0.1) is 0 Å². The summed E-state index contributed by atoms with van der Waals surface area (Å²) in [5, 5.41) is 0. The van der Waals surface area contributed by atoms with E-state index in [0.29, 0.717) is 4.47 Å². The van der Waals surface area contributed by atoms with E-state index in [1.165, 1.54) is 18.6 Å². The molecule has 0 radical (unpaired) electrons. The molecule has 0 saturated carbocycles. The van der Waals surface area contributed by atoms with Crippen LogP contribution < -0.4 is 0 Å². The lowest BCUT2D eigenvalue weighted by molar-refractivity contribution is 0.618. The molecule has 0 N–H and O–H groups in total. The normalized spacial score (nSPS) is 10.8. The molecule has 1 aromatic heterocycles. The zero-order valence-corrected chi connectivity index (χ0v) is 8.92. The summed E-state index contributed by atoms with van der Waals surface area (Å²) in [5.41, 5.74) is 0. The van der Waals surface area contributed by atoms with Crippen LogP contribution in [-0.4, -0.2) is 30.3 Å². The van der Waals surface area contributed by atoms with Crippen molar-refractivity contribution in [3.05, 3.63) is 22.6 Å². The van der Waals surface area contributed by atoms with Crippen molar-refractivity contribution in [3.8, 4) is 0 Å². The molecule has 0 unspecified atom stereocenters. The van der Waals surface area contributed by atoms with Crippen LogP contribution in [-0.2, 0) is 0 Å². The van der Waals surface area contributed by atoms with Crippen LogP contribution >= 0.6 is 15.9 Å². The molecule has 13 heavy (non-hydrogen) atoms. The number of aliphatic imine (C=N–C) groups is 1. The molecule has 5 heteroatoms. The summed E-state index contributed by atoms with van der Waals surface area (Å²) < 4.78 is 13.7. The van der Waals surface area contributed by atoms with Gasteiger partial charge in [-0.1, -0.05) is 0 Å². The summed E-state index contributed by atoms with van der Waals surface area (Å²) in [6, 6.07) is 1.33. The van der Waals surface area contributed by atoms with Crippen LogP contribution in [0, 0.1) is 5.82 Å². The largest absolute Gasteiger partial charge is 0.369 e. The van der Waals surface area contributed by atoms with E-state index < -0.39 is 5.82 Å². The fraction of sp³-hybridized carbons (Fsp3) is 0.250. The highest BCUT2D eigenvalue weighted by Gasteiger charge is 2.01. The summed E-state index contributed by atoms with van der Waals surface area (Å²) in [4.78, 5) is 9.36.